The first-order valence-corrected chi connectivity index (χ1v) is 6.24. The number of hydrogen-bond donors (Lipinski definition) is 0. The fourth-order valence-electron chi connectivity index (χ4n) is 2.03. The fourth-order valence-corrected chi connectivity index (χ4v) is 2.03. The molecule has 0 spiro atoms. The van der Waals surface area contributed by atoms with Gasteiger partial charge in [0.15, 0.2) is 5.78 Å². The van der Waals surface area contributed by atoms with Crippen LogP contribution in [0.1, 0.15) is 12.8 Å². The van der Waals surface area contributed by atoms with Crippen molar-refractivity contribution in [3.63, 3.8) is 0 Å². The zero-order valence-corrected chi connectivity index (χ0v) is 10.9. The molecule has 0 N–H and O–H groups in total. The maximum Gasteiger partial charge on any atom is 0.227 e. The van der Waals surface area contributed by atoms with E-state index >= 15 is 0 Å². The number of nitrogens with zero attached hydrogens (tertiary/aromatic N) is 1. The zero-order chi connectivity index (χ0) is 13.7. The first-order chi connectivity index (χ1) is 9.20. The van der Waals surface area contributed by atoms with Gasteiger partial charge in [0, 0.05) is 31.8 Å². The predicted molar refractivity (Wildman–Crippen MR) is 70.4 cm³/mol. The van der Waals surface area contributed by atoms with Gasteiger partial charge in [-0.3, -0.25) is 9.59 Å². The average Bonchev–Trinajstić information content (AvgIpc) is 2.83. The summed E-state index contributed by atoms with van der Waals surface area (Å²) in [6.07, 6.45) is 1.48. The Kier molecular flexibility index (Phi) is 4.52. The molecule has 1 aliphatic heterocycles. The van der Waals surface area contributed by atoms with E-state index < -0.39 is 0 Å². The van der Waals surface area contributed by atoms with E-state index in [9.17, 15) is 9.59 Å². The monoisotopic (exact) mass is 263 g/mol. The van der Waals surface area contributed by atoms with Crippen molar-refractivity contribution >= 4 is 17.4 Å². The number of Topliss-reactive ketones (excluding diaryl/α,β-unsaturated/α-hetero) is 1. The number of hydrogen-bond acceptors (Lipinski definition) is 4. The molecule has 19 heavy (non-hydrogen) atoms. The number of rotatable bonds is 6. The predicted octanol–water partition coefficient (Wildman–Crippen LogP) is 1.41. The Bertz CT molecular complexity index is 472. The van der Waals surface area contributed by atoms with Crippen LogP contribution in [-0.2, 0) is 14.3 Å². The van der Waals surface area contributed by atoms with Crippen molar-refractivity contribution in [2.45, 2.75) is 12.8 Å². The summed E-state index contributed by atoms with van der Waals surface area (Å²) in [6.45, 7) is 0.764. The lowest BCUT2D eigenvalue weighted by molar-refractivity contribution is -0.124. The van der Waals surface area contributed by atoms with Crippen molar-refractivity contribution < 1.29 is 19.1 Å². The van der Waals surface area contributed by atoms with E-state index in [1.54, 1.807) is 17.0 Å². The summed E-state index contributed by atoms with van der Waals surface area (Å²) < 4.78 is 10.1. The van der Waals surface area contributed by atoms with E-state index in [-0.39, 0.29) is 24.9 Å². The zero-order valence-electron chi connectivity index (χ0n) is 10.9. The lowest BCUT2D eigenvalue weighted by Crippen LogP contribution is -2.23. The third-order valence-corrected chi connectivity index (χ3v) is 2.91. The number of amides is 1. The summed E-state index contributed by atoms with van der Waals surface area (Å²) in [4.78, 5) is 24.7. The van der Waals surface area contributed by atoms with Crippen LogP contribution < -0.4 is 9.64 Å². The first kappa shape index (κ1) is 13.5. The molecule has 1 fully saturated rings. The minimum Gasteiger partial charge on any atom is -0.486 e. The molecule has 5 heteroatoms. The molecule has 1 aromatic carbocycles. The Labute approximate surface area is 112 Å². The number of anilines is 1. The second-order valence-corrected chi connectivity index (χ2v) is 4.41. The van der Waals surface area contributed by atoms with E-state index in [0.29, 0.717) is 12.2 Å². The quantitative estimate of drug-likeness (QED) is 0.778. The molecule has 0 atom stereocenters. The number of ether oxygens (including phenoxy) is 2. The average molecular weight is 263 g/mol. The van der Waals surface area contributed by atoms with Crippen LogP contribution in [-0.4, -0.2) is 38.6 Å². The van der Waals surface area contributed by atoms with E-state index in [1.807, 2.05) is 12.1 Å². The molecule has 5 nitrogen and oxygen atoms in total. The number of benzene rings is 1. The normalized spacial score (nSPS) is 14.8. The second-order valence-electron chi connectivity index (χ2n) is 4.41. The van der Waals surface area contributed by atoms with Crippen molar-refractivity contribution in [3.05, 3.63) is 24.3 Å². The summed E-state index contributed by atoms with van der Waals surface area (Å²) in [6, 6.07) is 7.23. The Hall–Kier alpha value is -1.88. The molecular formula is C14H17NO4. The molecule has 0 saturated carbocycles. The van der Waals surface area contributed by atoms with Crippen LogP contribution in [0.5, 0.6) is 5.75 Å². The number of ketones is 1. The molecule has 0 bridgehead atoms. The number of methoxy groups -OCH3 is 1. The summed E-state index contributed by atoms with van der Waals surface area (Å²) in [7, 11) is 1.47. The largest absolute Gasteiger partial charge is 0.486 e. The van der Waals surface area contributed by atoms with Gasteiger partial charge in [0.25, 0.3) is 0 Å². The van der Waals surface area contributed by atoms with Gasteiger partial charge in [0.1, 0.15) is 19.0 Å². The Morgan fingerprint density at radius 1 is 1.37 bits per heavy atom. The van der Waals surface area contributed by atoms with Crippen molar-refractivity contribution in [2.24, 2.45) is 0 Å². The molecule has 1 aliphatic rings. The van der Waals surface area contributed by atoms with Crippen molar-refractivity contribution in [3.8, 4) is 5.75 Å². The smallest absolute Gasteiger partial charge is 0.227 e. The highest BCUT2D eigenvalue weighted by molar-refractivity contribution is 5.95. The number of carbonyl (C=O) groups excluding carboxylic acids is 2. The van der Waals surface area contributed by atoms with Gasteiger partial charge in [-0.05, 0) is 18.6 Å². The summed E-state index contributed by atoms with van der Waals surface area (Å²) in [5, 5.41) is 0. The van der Waals surface area contributed by atoms with Gasteiger partial charge in [-0.1, -0.05) is 6.07 Å². The molecule has 102 valence electrons. The maximum atomic E-state index is 11.7. The van der Waals surface area contributed by atoms with Gasteiger partial charge < -0.3 is 14.4 Å². The molecule has 1 amide bonds. The van der Waals surface area contributed by atoms with E-state index in [4.69, 9.17) is 9.47 Å². The highest BCUT2D eigenvalue weighted by atomic mass is 16.5. The van der Waals surface area contributed by atoms with Crippen molar-refractivity contribution in [2.75, 3.05) is 31.8 Å². The minimum atomic E-state index is -0.120. The second kappa shape index (κ2) is 6.33. The molecule has 1 aromatic rings. The first-order valence-electron chi connectivity index (χ1n) is 6.24. The van der Waals surface area contributed by atoms with E-state index in [1.165, 1.54) is 7.11 Å². The lowest BCUT2D eigenvalue weighted by Gasteiger charge is -2.16. The molecule has 2 rings (SSSR count). The van der Waals surface area contributed by atoms with Gasteiger partial charge in [-0.15, -0.1) is 0 Å². The van der Waals surface area contributed by atoms with Gasteiger partial charge in [-0.25, -0.2) is 0 Å². The van der Waals surface area contributed by atoms with Gasteiger partial charge in [-0.2, -0.15) is 0 Å². The SMILES string of the molecule is COCC(=O)COc1cccc(N2CCCC2=O)c1. The molecule has 0 unspecified atom stereocenters. The standard InChI is InChI=1S/C14H17NO4/c1-18-9-12(16)10-19-13-5-2-4-11(8-13)15-7-3-6-14(15)17/h2,4-5,8H,3,6-7,9-10H2,1H3. The molecular weight excluding hydrogens is 246 g/mol. The van der Waals surface area contributed by atoms with Crippen LogP contribution in [0.15, 0.2) is 24.3 Å². The van der Waals surface area contributed by atoms with Crippen molar-refractivity contribution in [1.29, 1.82) is 0 Å². The van der Waals surface area contributed by atoms with Crippen LogP contribution in [0.3, 0.4) is 0 Å². The molecule has 0 aromatic heterocycles. The molecule has 0 radical (unpaired) electrons. The molecule has 1 saturated heterocycles. The van der Waals surface area contributed by atoms with E-state index in [0.717, 1.165) is 18.7 Å². The van der Waals surface area contributed by atoms with Gasteiger partial charge in [0.2, 0.25) is 5.91 Å². The van der Waals surface area contributed by atoms with Crippen molar-refractivity contribution in [1.82, 2.24) is 0 Å². The van der Waals surface area contributed by atoms with Crippen LogP contribution in [0, 0.1) is 0 Å². The van der Waals surface area contributed by atoms with Gasteiger partial charge in [0.05, 0.1) is 0 Å². The fraction of sp³-hybridized carbons (Fsp3) is 0.429. The molecule has 0 aliphatic carbocycles. The molecule has 1 heterocycles. The van der Waals surface area contributed by atoms with Crippen LogP contribution in [0.4, 0.5) is 5.69 Å². The van der Waals surface area contributed by atoms with Crippen LogP contribution >= 0.6 is 0 Å². The van der Waals surface area contributed by atoms with E-state index in [2.05, 4.69) is 0 Å². The topological polar surface area (TPSA) is 55.8 Å². The lowest BCUT2D eigenvalue weighted by atomic mass is 10.3. The summed E-state index contributed by atoms with van der Waals surface area (Å²) in [5.74, 6) is 0.597. The third-order valence-electron chi connectivity index (χ3n) is 2.91. The summed E-state index contributed by atoms with van der Waals surface area (Å²) >= 11 is 0. The van der Waals surface area contributed by atoms with Crippen LogP contribution in [0.25, 0.3) is 0 Å². The maximum absolute atomic E-state index is 11.7. The summed E-state index contributed by atoms with van der Waals surface area (Å²) in [5.41, 5.74) is 0.819. The third kappa shape index (κ3) is 3.54. The Morgan fingerprint density at radius 3 is 2.89 bits per heavy atom. The van der Waals surface area contributed by atoms with Gasteiger partial charge >= 0.3 is 0 Å². The highest BCUT2D eigenvalue weighted by Crippen LogP contribution is 2.25. The Balaban J connectivity index is 1.99. The Morgan fingerprint density at radius 2 is 2.21 bits per heavy atom. The minimum absolute atomic E-state index is 0.0226. The van der Waals surface area contributed by atoms with Crippen LogP contribution in [0.2, 0.25) is 0 Å². The number of carbonyl (C=O) groups is 2. The highest BCUT2D eigenvalue weighted by Gasteiger charge is 2.21.